The van der Waals surface area contributed by atoms with Crippen LogP contribution in [0.15, 0.2) is 0 Å². The zero-order valence-electron chi connectivity index (χ0n) is 7.29. The second kappa shape index (κ2) is 23.5. The normalized spacial score (nSPS) is 5.65. The summed E-state index contributed by atoms with van der Waals surface area (Å²) in [4.78, 5) is 33.4. The first-order valence-electron chi connectivity index (χ1n) is 2.26. The van der Waals surface area contributed by atoms with Gasteiger partial charge in [0, 0.05) is 29.9 Å². The van der Waals surface area contributed by atoms with Gasteiger partial charge in [-0.05, 0) is 0 Å². The Hall–Kier alpha value is -2.19. The van der Waals surface area contributed by atoms with E-state index in [2.05, 4.69) is 0 Å². The topological polar surface area (TPSA) is 253 Å². The van der Waals surface area contributed by atoms with Gasteiger partial charge in [0.05, 0.1) is 0 Å². The molecule has 0 amide bonds. The SMILES string of the molecule is O=[N+]([O-])O.O=[N+]([O-])O.O=[N+]([O-])O.O=[N+]([O-])O.[Np]. The molecule has 0 saturated heterocycles. The number of hydrogen-bond donors (Lipinski definition) is 4. The summed E-state index contributed by atoms with van der Waals surface area (Å²) in [6.45, 7) is 0. The van der Waals surface area contributed by atoms with E-state index in [0.29, 0.717) is 0 Å². The molecule has 0 aromatic heterocycles. The molecule has 101 valence electrons. The third-order valence-corrected chi connectivity index (χ3v) is 0. The fraction of sp³-hybridized carbons (Fsp3) is 0. The van der Waals surface area contributed by atoms with Crippen LogP contribution in [0.25, 0.3) is 0 Å². The first-order valence-corrected chi connectivity index (χ1v) is 2.26. The molecular weight excluding hydrogens is 485 g/mol. The third kappa shape index (κ3) is 403. The maximum atomic E-state index is 8.36. The Balaban J connectivity index is -0.0000000369. The Morgan fingerprint density at radius 2 is 0.529 bits per heavy atom. The van der Waals surface area contributed by atoms with Crippen molar-refractivity contribution in [1.82, 2.24) is 0 Å². The van der Waals surface area contributed by atoms with E-state index < -0.39 is 20.3 Å². The summed E-state index contributed by atoms with van der Waals surface area (Å²) in [5.41, 5.74) is 0. The predicted octanol–water partition coefficient (Wildman–Crippen LogP) is -1.39. The zero-order chi connectivity index (χ0) is 14.3. The van der Waals surface area contributed by atoms with Crippen LogP contribution in [0.2, 0.25) is 0 Å². The van der Waals surface area contributed by atoms with Gasteiger partial charge in [-0.25, -0.2) is 0 Å². The quantitative estimate of drug-likeness (QED) is 0.227. The number of nitrogens with zero attached hydrogens (tertiary/aromatic N) is 4. The average Bonchev–Trinajstić information content (AvgIpc) is 1.76. The van der Waals surface area contributed by atoms with Gasteiger partial charge in [0.1, 0.15) is 0 Å². The van der Waals surface area contributed by atoms with Crippen LogP contribution in [0.3, 0.4) is 0 Å². The second-order valence-corrected chi connectivity index (χ2v) is 0.951. The molecule has 1 radical (unpaired) electrons. The molecule has 0 aliphatic carbocycles. The van der Waals surface area contributed by atoms with E-state index in [1.165, 1.54) is 0 Å². The van der Waals surface area contributed by atoms with Crippen LogP contribution in [-0.4, -0.2) is 41.2 Å². The van der Waals surface area contributed by atoms with Crippen molar-refractivity contribution in [2.45, 2.75) is 0 Å². The van der Waals surface area contributed by atoms with Crippen LogP contribution >= 0.6 is 0 Å². The van der Waals surface area contributed by atoms with Crippen molar-refractivity contribution < 1.29 is 71.1 Å². The van der Waals surface area contributed by atoms with Gasteiger partial charge in [-0.3, -0.25) is 0 Å². The van der Waals surface area contributed by atoms with Gasteiger partial charge in [-0.2, -0.15) is 0 Å². The van der Waals surface area contributed by atoms with Crippen molar-refractivity contribution >= 4 is 0 Å². The molecule has 0 rings (SSSR count). The first kappa shape index (κ1) is 29.4. The molecule has 0 aliphatic rings. The van der Waals surface area contributed by atoms with Crippen LogP contribution in [0, 0.1) is 70.4 Å². The van der Waals surface area contributed by atoms with Gasteiger partial charge in [-0.15, -0.1) is 40.5 Å². The van der Waals surface area contributed by atoms with Crippen LogP contribution < -0.4 is 0 Å². The first-order chi connectivity index (χ1) is 6.93. The Morgan fingerprint density at radius 3 is 0.529 bits per heavy atom. The van der Waals surface area contributed by atoms with Crippen molar-refractivity contribution in [3.8, 4) is 0 Å². The van der Waals surface area contributed by atoms with Gasteiger partial charge in [0.15, 0.2) is 0 Å². The Morgan fingerprint density at radius 1 is 0.529 bits per heavy atom. The maximum Gasteiger partial charge on any atom is 0.291 e. The minimum atomic E-state index is -1.50. The minimum Gasteiger partial charge on any atom is -0.328 e. The standard InChI is InChI=1S/4HNO3.Np/c4*2-1(3)4;/h4*(H,2,3,4);. The summed E-state index contributed by atoms with van der Waals surface area (Å²) in [6.07, 6.45) is 0. The summed E-state index contributed by atoms with van der Waals surface area (Å²) in [5, 5.41) is 54.6. The van der Waals surface area contributed by atoms with Crippen LogP contribution in [0.1, 0.15) is 0 Å². The summed E-state index contributed by atoms with van der Waals surface area (Å²) in [6, 6.07) is 0. The van der Waals surface area contributed by atoms with E-state index in [1.807, 2.05) is 0 Å². The fourth-order valence-electron chi connectivity index (χ4n) is 0. The van der Waals surface area contributed by atoms with Crippen LogP contribution in [0.5, 0.6) is 0 Å². The van der Waals surface area contributed by atoms with Gasteiger partial charge in [-0.1, -0.05) is 0 Å². The average molecular weight is 489 g/mol. The Labute approximate surface area is 112 Å². The summed E-state index contributed by atoms with van der Waals surface area (Å²) in [5.74, 6) is 0. The van der Waals surface area contributed by atoms with E-state index in [-0.39, 0.29) is 29.9 Å². The Bertz CT molecular complexity index is 159. The molecule has 0 aromatic rings. The van der Waals surface area contributed by atoms with Crippen molar-refractivity contribution in [2.75, 3.05) is 0 Å². The zero-order valence-corrected chi connectivity index (χ0v) is 11.0. The van der Waals surface area contributed by atoms with Crippen molar-refractivity contribution in [3.63, 3.8) is 0 Å². The van der Waals surface area contributed by atoms with Crippen molar-refractivity contribution in [2.24, 2.45) is 0 Å². The van der Waals surface area contributed by atoms with Crippen molar-refractivity contribution in [3.05, 3.63) is 40.5 Å². The molecule has 0 atom stereocenters. The van der Waals surface area contributed by atoms with Gasteiger partial charge < -0.3 is 20.8 Å². The molecule has 17 heavy (non-hydrogen) atoms. The molecule has 0 fully saturated rings. The molecule has 17 heteroatoms. The Kier molecular flexibility index (Phi) is 40.7. The largest absolute Gasteiger partial charge is 0.328 e. The fourth-order valence-corrected chi connectivity index (χ4v) is 0. The van der Waals surface area contributed by atoms with E-state index in [1.54, 1.807) is 0 Å². The molecule has 0 saturated carbocycles. The van der Waals surface area contributed by atoms with E-state index in [9.17, 15) is 0 Å². The molecule has 0 heterocycles. The molecule has 0 spiro atoms. The number of rotatable bonds is 0. The summed E-state index contributed by atoms with van der Waals surface area (Å²) < 4.78 is 0. The third-order valence-electron chi connectivity index (χ3n) is 0. The van der Waals surface area contributed by atoms with Crippen LogP contribution in [0.4, 0.5) is 0 Å². The monoisotopic (exact) mass is 488 g/mol. The minimum absolute atomic E-state index is 0. The second-order valence-electron chi connectivity index (χ2n) is 0.951. The molecule has 0 aliphatic heterocycles. The molecule has 4 N–H and O–H groups in total. The van der Waals surface area contributed by atoms with Crippen molar-refractivity contribution in [1.29, 1.82) is 0 Å². The van der Waals surface area contributed by atoms with Crippen LogP contribution in [-0.2, 0) is 0 Å². The molecule has 0 aromatic carbocycles. The predicted molar refractivity (Wildman–Crippen MR) is 35.1 cm³/mol. The van der Waals surface area contributed by atoms with E-state index in [0.717, 1.165) is 0 Å². The van der Waals surface area contributed by atoms with Gasteiger partial charge in [0.2, 0.25) is 0 Å². The summed E-state index contributed by atoms with van der Waals surface area (Å²) >= 11 is 0. The number of hydrogen-bond acceptors (Lipinski definition) is 8. The molecule has 0 unspecified atom stereocenters. The molecular formula is H4N4NpO12. The molecule has 0 bridgehead atoms. The summed E-state index contributed by atoms with van der Waals surface area (Å²) in [7, 11) is 0. The van der Waals surface area contributed by atoms with E-state index >= 15 is 0 Å². The maximum absolute atomic E-state index is 8.36. The smallest absolute Gasteiger partial charge is 0.291 e. The van der Waals surface area contributed by atoms with Gasteiger partial charge in [0.25, 0.3) is 20.3 Å². The molecule has 16 nitrogen and oxygen atoms in total. The van der Waals surface area contributed by atoms with E-state index in [4.69, 9.17) is 61.3 Å². The van der Waals surface area contributed by atoms with Gasteiger partial charge >= 0.3 is 0 Å².